The van der Waals surface area contributed by atoms with Crippen LogP contribution in [0.4, 0.5) is 0 Å². The smallest absolute Gasteiger partial charge is 0.00992 e. The highest BCUT2D eigenvalue weighted by atomic mass is 14.2. The van der Waals surface area contributed by atoms with Crippen molar-refractivity contribution in [1.82, 2.24) is 0 Å². The van der Waals surface area contributed by atoms with Crippen molar-refractivity contribution in [2.75, 3.05) is 0 Å². The van der Waals surface area contributed by atoms with Crippen LogP contribution in [0.1, 0.15) is 11.1 Å². The zero-order valence-electron chi connectivity index (χ0n) is 27.1. The molecule has 0 amide bonds. The highest BCUT2D eigenvalue weighted by Gasteiger charge is 2.13. The molecule has 0 fully saturated rings. The van der Waals surface area contributed by atoms with Crippen LogP contribution in [0.2, 0.25) is 0 Å². The maximum atomic E-state index is 4.76. The lowest BCUT2D eigenvalue weighted by atomic mass is 9.88. The third kappa shape index (κ3) is 7.09. The van der Waals surface area contributed by atoms with Crippen molar-refractivity contribution < 1.29 is 0 Å². The van der Waals surface area contributed by atoms with E-state index in [1.54, 1.807) is 6.08 Å². The minimum atomic E-state index is 0.810. The highest BCUT2D eigenvalue weighted by molar-refractivity contribution is 6.12. The number of benzene rings is 5. The van der Waals surface area contributed by atoms with Gasteiger partial charge in [-0.15, -0.1) is 0 Å². The number of rotatable bonds is 9. The van der Waals surface area contributed by atoms with E-state index in [-0.39, 0.29) is 0 Å². The first-order valence-electron chi connectivity index (χ1n) is 16.1. The highest BCUT2D eigenvalue weighted by Crippen LogP contribution is 2.37. The molecule has 0 radical (unpaired) electrons. The van der Waals surface area contributed by atoms with Crippen molar-refractivity contribution in [1.29, 1.82) is 0 Å². The molecule has 0 aromatic heterocycles. The first-order chi connectivity index (χ1) is 23.5. The van der Waals surface area contributed by atoms with Gasteiger partial charge in [-0.1, -0.05) is 202 Å². The van der Waals surface area contributed by atoms with E-state index in [9.17, 15) is 0 Å². The number of fused-ring (bicyclic) bond motifs is 2. The Morgan fingerprint density at radius 3 is 1.67 bits per heavy atom. The summed E-state index contributed by atoms with van der Waals surface area (Å²) in [5.41, 5.74) is 10.3. The topological polar surface area (TPSA) is 0 Å². The zero-order chi connectivity index (χ0) is 33.3. The predicted molar refractivity (Wildman–Crippen MR) is 211 cm³/mol. The van der Waals surface area contributed by atoms with Crippen molar-refractivity contribution in [3.05, 3.63) is 231 Å². The van der Waals surface area contributed by atoms with E-state index in [2.05, 4.69) is 171 Å². The molecule has 6 aromatic carbocycles. The van der Waals surface area contributed by atoms with Crippen LogP contribution in [-0.2, 0) is 0 Å². The van der Waals surface area contributed by atoms with Crippen LogP contribution in [0.5, 0.6) is 0 Å². The van der Waals surface area contributed by atoms with Gasteiger partial charge in [0, 0.05) is 0 Å². The van der Waals surface area contributed by atoms with E-state index < -0.39 is 0 Å². The SMILES string of the molecule is C=C/C=C\C(=C)C(=C)/C=C(\C(=C)c1ccc2ccccc2ccc(-c2ccc(-c3ccccc3)cc2)c2ccccc12)c1ccccc1. The fourth-order valence-corrected chi connectivity index (χ4v) is 5.95. The summed E-state index contributed by atoms with van der Waals surface area (Å²) in [5, 5.41) is 4.51. The standard InChI is InChI=1S/C48H38/c1-5-6-17-35(2)36(3)34-48(42-22-11-8-12-23-42)37(4)44-32-30-39-20-13-14-21-40(39)31-33-45(47-25-16-15-24-46(44)47)43-28-26-41(27-29-43)38-18-9-7-10-19-38/h5-34H,1-4H2/b17-6-,32-30?,33-31?,39-30?,40-31?,44-32?,45-33?,46-44?,47-45?,48-34+. The third-order valence-corrected chi connectivity index (χ3v) is 8.57. The van der Waals surface area contributed by atoms with Gasteiger partial charge in [-0.05, 0) is 83.3 Å². The Kier molecular flexibility index (Phi) is 9.85. The summed E-state index contributed by atoms with van der Waals surface area (Å²) in [6.07, 6.45) is 7.64. The van der Waals surface area contributed by atoms with Crippen molar-refractivity contribution in [3.8, 4) is 22.3 Å². The molecule has 0 atom stereocenters. The molecular weight excluding hydrogens is 577 g/mol. The molecule has 48 heavy (non-hydrogen) atoms. The van der Waals surface area contributed by atoms with Gasteiger partial charge in [0.15, 0.2) is 0 Å². The molecule has 0 bridgehead atoms. The van der Waals surface area contributed by atoms with E-state index in [1.165, 1.54) is 11.1 Å². The molecule has 0 aliphatic rings. The van der Waals surface area contributed by atoms with E-state index in [4.69, 9.17) is 6.58 Å². The molecule has 0 N–H and O–H groups in total. The lowest BCUT2D eigenvalue weighted by Crippen LogP contribution is -1.93. The molecule has 0 spiro atoms. The Morgan fingerprint density at radius 1 is 0.458 bits per heavy atom. The quantitative estimate of drug-likeness (QED) is 0.142. The van der Waals surface area contributed by atoms with E-state index in [0.717, 1.165) is 66.1 Å². The maximum Gasteiger partial charge on any atom is -0.00992 e. The van der Waals surface area contributed by atoms with Crippen LogP contribution in [0.25, 0.3) is 54.9 Å². The molecule has 0 nitrogen and oxygen atoms in total. The summed E-state index contributed by atoms with van der Waals surface area (Å²) in [7, 11) is 0. The second-order valence-corrected chi connectivity index (χ2v) is 11.7. The van der Waals surface area contributed by atoms with Gasteiger partial charge in [-0.3, -0.25) is 0 Å². The second-order valence-electron chi connectivity index (χ2n) is 11.7. The monoisotopic (exact) mass is 614 g/mol. The van der Waals surface area contributed by atoms with E-state index in [0.29, 0.717) is 0 Å². The first kappa shape index (κ1) is 31.7. The Bertz CT molecular complexity index is 2260. The van der Waals surface area contributed by atoms with Crippen LogP contribution in [0.3, 0.4) is 0 Å². The Hall–Kier alpha value is -6.24. The largest absolute Gasteiger partial charge is 0.0991 e. The van der Waals surface area contributed by atoms with Crippen LogP contribution in [0, 0.1) is 0 Å². The molecule has 0 heterocycles. The van der Waals surface area contributed by atoms with Gasteiger partial charge in [0.1, 0.15) is 0 Å². The normalized spacial score (nSPS) is 11.3. The fourth-order valence-electron chi connectivity index (χ4n) is 5.95. The second kappa shape index (κ2) is 14.9. The Labute approximate surface area is 284 Å². The van der Waals surface area contributed by atoms with E-state index in [1.807, 2.05) is 24.3 Å². The van der Waals surface area contributed by atoms with Gasteiger partial charge in [0.2, 0.25) is 0 Å². The lowest BCUT2D eigenvalue weighted by molar-refractivity contribution is 1.56. The number of hydrogen-bond acceptors (Lipinski definition) is 0. The number of allylic oxidation sites excluding steroid dienone is 8. The van der Waals surface area contributed by atoms with Gasteiger partial charge in [0.05, 0.1) is 0 Å². The molecule has 0 unspecified atom stereocenters. The van der Waals surface area contributed by atoms with Gasteiger partial charge in [-0.25, -0.2) is 0 Å². The van der Waals surface area contributed by atoms with Crippen molar-refractivity contribution in [2.24, 2.45) is 0 Å². The molecule has 0 aliphatic carbocycles. The summed E-state index contributed by atoms with van der Waals surface area (Å²) in [5.74, 6) is 0. The molecule has 0 saturated carbocycles. The summed E-state index contributed by atoms with van der Waals surface area (Å²) >= 11 is 0. The van der Waals surface area contributed by atoms with Crippen LogP contribution in [-0.4, -0.2) is 0 Å². The molecule has 6 rings (SSSR count). The average Bonchev–Trinajstić information content (AvgIpc) is 3.14. The molecule has 0 aliphatic heterocycles. The Balaban J connectivity index is 1.63. The third-order valence-electron chi connectivity index (χ3n) is 8.57. The van der Waals surface area contributed by atoms with Crippen molar-refractivity contribution >= 4 is 32.7 Å². The minimum Gasteiger partial charge on any atom is -0.0991 e. The predicted octanol–water partition coefficient (Wildman–Crippen LogP) is 13.4. The average molecular weight is 615 g/mol. The van der Waals surface area contributed by atoms with Crippen LogP contribution < -0.4 is 0 Å². The van der Waals surface area contributed by atoms with Crippen LogP contribution in [0.15, 0.2) is 219 Å². The zero-order valence-corrected chi connectivity index (χ0v) is 27.1. The molecule has 0 saturated heterocycles. The summed E-state index contributed by atoms with van der Waals surface area (Å²) in [6, 6.07) is 55.7. The van der Waals surface area contributed by atoms with Gasteiger partial charge < -0.3 is 0 Å². The first-order valence-corrected chi connectivity index (χ1v) is 16.1. The fraction of sp³-hybridized carbons (Fsp3) is 0. The van der Waals surface area contributed by atoms with Gasteiger partial charge in [0.25, 0.3) is 0 Å². The molecule has 6 aromatic rings. The van der Waals surface area contributed by atoms with Gasteiger partial charge in [-0.2, -0.15) is 0 Å². The molecule has 230 valence electrons. The van der Waals surface area contributed by atoms with E-state index >= 15 is 0 Å². The molecular formula is C48H38. The summed E-state index contributed by atoms with van der Waals surface area (Å²) in [4.78, 5) is 0. The number of hydrogen-bond donors (Lipinski definition) is 0. The summed E-state index contributed by atoms with van der Waals surface area (Å²) in [6.45, 7) is 17.2. The molecule has 0 heteroatoms. The maximum absolute atomic E-state index is 4.76. The lowest BCUT2D eigenvalue weighted by Gasteiger charge is -2.16. The van der Waals surface area contributed by atoms with Crippen molar-refractivity contribution in [3.63, 3.8) is 0 Å². The minimum absolute atomic E-state index is 0.810. The van der Waals surface area contributed by atoms with Gasteiger partial charge >= 0.3 is 0 Å². The Morgan fingerprint density at radius 2 is 1.00 bits per heavy atom. The van der Waals surface area contributed by atoms with Crippen molar-refractivity contribution in [2.45, 2.75) is 0 Å². The van der Waals surface area contributed by atoms with Crippen LogP contribution >= 0.6 is 0 Å². The summed E-state index contributed by atoms with van der Waals surface area (Å²) < 4.78 is 0.